The van der Waals surface area contributed by atoms with Crippen LogP contribution in [0.15, 0.2) is 60.7 Å². The van der Waals surface area contributed by atoms with Crippen LogP contribution in [0.1, 0.15) is 61.2 Å². The van der Waals surface area contributed by atoms with Crippen LogP contribution in [-0.2, 0) is 20.3 Å². The van der Waals surface area contributed by atoms with Crippen molar-refractivity contribution in [1.29, 1.82) is 0 Å². The van der Waals surface area contributed by atoms with Crippen LogP contribution in [0.3, 0.4) is 0 Å². The monoisotopic (exact) mass is 498 g/mol. The summed E-state index contributed by atoms with van der Waals surface area (Å²) in [6, 6.07) is 16.1. The minimum absolute atomic E-state index is 0.235. The van der Waals surface area contributed by atoms with Crippen molar-refractivity contribution < 1.29 is 23.7 Å². The molecule has 192 valence electrons. The summed E-state index contributed by atoms with van der Waals surface area (Å²) in [5.41, 5.74) is 3.62. The van der Waals surface area contributed by atoms with Gasteiger partial charge in [0, 0.05) is 15.2 Å². The summed E-state index contributed by atoms with van der Waals surface area (Å²) in [5.74, 6) is -0.279. The molecule has 0 fully saturated rings. The molecule has 0 spiro atoms. The Balaban J connectivity index is 2.42. The third kappa shape index (κ3) is 9.28. The van der Waals surface area contributed by atoms with E-state index in [1.807, 2.05) is 51.1 Å². The second-order valence-electron chi connectivity index (χ2n) is 10.7. The Bertz CT molecular complexity index is 978. The fraction of sp³-hybridized carbons (Fsp3) is 0.483. The molecule has 0 aromatic heterocycles. The van der Waals surface area contributed by atoms with Gasteiger partial charge in [0.1, 0.15) is 11.9 Å². The van der Waals surface area contributed by atoms with Gasteiger partial charge in [-0.15, -0.1) is 0 Å². The van der Waals surface area contributed by atoms with Gasteiger partial charge in [-0.25, -0.2) is 4.79 Å². The lowest BCUT2D eigenvalue weighted by molar-refractivity contribution is -0.217. The van der Waals surface area contributed by atoms with Gasteiger partial charge < -0.3 is 18.9 Å². The van der Waals surface area contributed by atoms with E-state index in [9.17, 15) is 4.79 Å². The molecule has 0 bridgehead atoms. The number of ether oxygens (including phenoxy) is 4. The predicted octanol–water partition coefficient (Wildman–Crippen LogP) is 7.14. The van der Waals surface area contributed by atoms with Gasteiger partial charge in [0.25, 0.3) is 0 Å². The Morgan fingerprint density at radius 1 is 1.03 bits per heavy atom. The molecule has 6 heteroatoms. The lowest BCUT2D eigenvalue weighted by Gasteiger charge is -2.31. The molecule has 0 radical (unpaired) electrons. The van der Waals surface area contributed by atoms with Crippen LogP contribution in [0.25, 0.3) is 0 Å². The minimum atomic E-state index is -1.47. The number of methoxy groups -OCH3 is 2. The summed E-state index contributed by atoms with van der Waals surface area (Å²) in [7, 11) is 1.83. The Morgan fingerprint density at radius 3 is 2.23 bits per heavy atom. The van der Waals surface area contributed by atoms with Crippen molar-refractivity contribution in [3.8, 4) is 5.75 Å². The van der Waals surface area contributed by atoms with E-state index >= 15 is 0 Å². The molecule has 2 unspecified atom stereocenters. The number of carbonyl (C=O) groups is 1. The quantitative estimate of drug-likeness (QED) is 0.127. The van der Waals surface area contributed by atoms with Gasteiger partial charge in [-0.1, -0.05) is 56.1 Å². The average molecular weight is 499 g/mol. The molecule has 0 aliphatic rings. The Morgan fingerprint density at radius 2 is 1.69 bits per heavy atom. The third-order valence-corrected chi connectivity index (χ3v) is 7.28. The molecule has 0 saturated heterocycles. The van der Waals surface area contributed by atoms with Crippen LogP contribution in [0.5, 0.6) is 5.75 Å². The molecular weight excluding hydrogens is 456 g/mol. The van der Waals surface area contributed by atoms with Gasteiger partial charge in [-0.3, -0.25) is 0 Å². The van der Waals surface area contributed by atoms with Crippen LogP contribution in [0.4, 0.5) is 0 Å². The SMILES string of the molecule is C=C(C)C(CCC(OC(=O)c1ccccc1)c1ccc(OC)cc1C[Si](C)(C)C)OC(C)(C)OC. The first-order valence-corrected chi connectivity index (χ1v) is 15.9. The van der Waals surface area contributed by atoms with E-state index in [0.29, 0.717) is 18.4 Å². The van der Waals surface area contributed by atoms with Gasteiger partial charge in [0.2, 0.25) is 0 Å². The maximum Gasteiger partial charge on any atom is 0.338 e. The van der Waals surface area contributed by atoms with Crippen LogP contribution < -0.4 is 4.74 Å². The third-order valence-electron chi connectivity index (χ3n) is 5.83. The van der Waals surface area contributed by atoms with Crippen molar-refractivity contribution in [2.75, 3.05) is 14.2 Å². The van der Waals surface area contributed by atoms with Gasteiger partial charge in [-0.2, -0.15) is 0 Å². The summed E-state index contributed by atoms with van der Waals surface area (Å²) in [6.45, 7) is 16.8. The topological polar surface area (TPSA) is 54.0 Å². The van der Waals surface area contributed by atoms with Gasteiger partial charge in [0.05, 0.1) is 18.8 Å². The first kappa shape index (κ1) is 28.8. The highest BCUT2D eigenvalue weighted by Crippen LogP contribution is 2.33. The van der Waals surface area contributed by atoms with E-state index in [-0.39, 0.29) is 12.1 Å². The maximum atomic E-state index is 13.1. The van der Waals surface area contributed by atoms with E-state index < -0.39 is 20.0 Å². The number of hydrogen-bond donors (Lipinski definition) is 0. The summed E-state index contributed by atoms with van der Waals surface area (Å²) in [4.78, 5) is 13.1. The molecule has 0 N–H and O–H groups in total. The lowest BCUT2D eigenvalue weighted by Crippen LogP contribution is -2.33. The summed E-state index contributed by atoms with van der Waals surface area (Å²) in [6.07, 6.45) is 0.548. The molecule has 2 rings (SSSR count). The molecular formula is C29H42O5Si. The Kier molecular flexibility index (Phi) is 10.3. The second kappa shape index (κ2) is 12.5. The number of esters is 1. The predicted molar refractivity (Wildman–Crippen MR) is 145 cm³/mol. The summed E-state index contributed by atoms with van der Waals surface area (Å²) < 4.78 is 23.3. The fourth-order valence-electron chi connectivity index (χ4n) is 3.90. The normalized spacial score (nSPS) is 13.7. The highest BCUT2D eigenvalue weighted by molar-refractivity contribution is 6.75. The summed E-state index contributed by atoms with van der Waals surface area (Å²) in [5, 5.41) is 0. The minimum Gasteiger partial charge on any atom is -0.497 e. The number of hydrogen-bond acceptors (Lipinski definition) is 5. The van der Waals surface area contributed by atoms with Crippen LogP contribution >= 0.6 is 0 Å². The molecule has 2 aromatic rings. The van der Waals surface area contributed by atoms with Gasteiger partial charge in [-0.05, 0) is 75.0 Å². The summed E-state index contributed by atoms with van der Waals surface area (Å²) >= 11 is 0. The van der Waals surface area contributed by atoms with Crippen molar-refractivity contribution in [1.82, 2.24) is 0 Å². The largest absolute Gasteiger partial charge is 0.497 e. The fourth-order valence-corrected chi connectivity index (χ4v) is 5.35. The van der Waals surface area contributed by atoms with E-state index in [1.54, 1.807) is 26.4 Å². The maximum absolute atomic E-state index is 13.1. The first-order valence-electron chi connectivity index (χ1n) is 12.2. The van der Waals surface area contributed by atoms with E-state index in [1.165, 1.54) is 5.56 Å². The average Bonchev–Trinajstić information content (AvgIpc) is 2.80. The Labute approximate surface area is 212 Å². The number of benzene rings is 2. The molecule has 0 amide bonds. The van der Waals surface area contributed by atoms with Crippen LogP contribution in [0.2, 0.25) is 19.6 Å². The zero-order chi connectivity index (χ0) is 26.2. The van der Waals surface area contributed by atoms with Crippen molar-refractivity contribution in [2.24, 2.45) is 0 Å². The Hall–Kier alpha value is -2.41. The van der Waals surface area contributed by atoms with Gasteiger partial charge in [0.15, 0.2) is 5.79 Å². The zero-order valence-corrected chi connectivity index (χ0v) is 23.6. The molecule has 2 aromatic carbocycles. The van der Waals surface area contributed by atoms with E-state index in [0.717, 1.165) is 22.9 Å². The van der Waals surface area contributed by atoms with Gasteiger partial charge >= 0.3 is 5.97 Å². The molecule has 0 heterocycles. The molecule has 5 nitrogen and oxygen atoms in total. The van der Waals surface area contributed by atoms with Crippen LogP contribution in [0, 0.1) is 0 Å². The highest BCUT2D eigenvalue weighted by atomic mass is 28.3. The van der Waals surface area contributed by atoms with Crippen LogP contribution in [-0.4, -0.2) is 40.2 Å². The lowest BCUT2D eigenvalue weighted by atomic mass is 9.96. The smallest absolute Gasteiger partial charge is 0.338 e. The van der Waals surface area contributed by atoms with Crippen molar-refractivity contribution >= 4 is 14.0 Å². The van der Waals surface area contributed by atoms with E-state index in [4.69, 9.17) is 18.9 Å². The zero-order valence-electron chi connectivity index (χ0n) is 22.6. The molecule has 2 atom stereocenters. The van der Waals surface area contributed by atoms with Crippen molar-refractivity contribution in [3.63, 3.8) is 0 Å². The first-order chi connectivity index (χ1) is 16.3. The standard InChI is InChI=1S/C29H42O5Si/c1-21(2)26(34-29(3,4)32-6)17-18-27(33-28(30)22-13-11-10-12-14-22)25-16-15-24(31-5)19-23(25)20-35(7,8)9/h10-16,19,26-27H,1,17-18,20H2,2-9H3. The van der Waals surface area contributed by atoms with Crippen molar-refractivity contribution in [3.05, 3.63) is 77.4 Å². The molecule has 0 aliphatic heterocycles. The number of carbonyl (C=O) groups excluding carboxylic acids is 1. The van der Waals surface area contributed by atoms with Crippen molar-refractivity contribution in [2.45, 2.75) is 77.3 Å². The molecule has 0 aliphatic carbocycles. The molecule has 35 heavy (non-hydrogen) atoms. The second-order valence-corrected chi connectivity index (χ2v) is 16.2. The highest BCUT2D eigenvalue weighted by Gasteiger charge is 2.28. The van der Waals surface area contributed by atoms with E-state index in [2.05, 4.69) is 32.3 Å². The number of rotatable bonds is 13. The molecule has 0 saturated carbocycles.